The third-order valence-corrected chi connectivity index (χ3v) is 8.58. The summed E-state index contributed by atoms with van der Waals surface area (Å²) in [6.07, 6.45) is 1.35. The Labute approximate surface area is 265 Å². The van der Waals surface area contributed by atoms with Gasteiger partial charge in [0.05, 0.1) is 5.52 Å². The summed E-state index contributed by atoms with van der Waals surface area (Å²) in [5, 5.41) is 1.08. The van der Waals surface area contributed by atoms with Crippen molar-refractivity contribution in [1.29, 1.82) is 0 Å². The Bertz CT molecular complexity index is 1720. The monoisotopic (exact) mass is 609 g/mol. The van der Waals surface area contributed by atoms with Crippen molar-refractivity contribution in [3.8, 4) is 22.6 Å². The van der Waals surface area contributed by atoms with Crippen LogP contribution in [0, 0.1) is 6.92 Å². The minimum atomic E-state index is -0.590. The van der Waals surface area contributed by atoms with E-state index in [-0.39, 0.29) is 17.7 Å². The summed E-state index contributed by atoms with van der Waals surface area (Å²) in [4.78, 5) is 31.2. The van der Waals surface area contributed by atoms with Crippen LogP contribution in [0.1, 0.15) is 44.7 Å². The molecule has 1 aromatic heterocycles. The minimum absolute atomic E-state index is 0.0115. The van der Waals surface area contributed by atoms with E-state index in [9.17, 15) is 9.59 Å². The number of ether oxygens (including phenoxy) is 3. The van der Waals surface area contributed by atoms with Crippen LogP contribution in [0.2, 0.25) is 0 Å². The fourth-order valence-corrected chi connectivity index (χ4v) is 6.32. The van der Waals surface area contributed by atoms with Crippen molar-refractivity contribution < 1.29 is 19.0 Å². The highest BCUT2D eigenvalue weighted by Gasteiger charge is 2.31. The first kappa shape index (κ1) is 30.7. The number of benzene rings is 3. The predicted molar refractivity (Wildman–Crippen MR) is 177 cm³/mol. The van der Waals surface area contributed by atoms with Crippen molar-refractivity contribution >= 4 is 17.0 Å². The average Bonchev–Trinajstić information content (AvgIpc) is 3.02. The first-order chi connectivity index (χ1) is 21.6. The number of rotatable bonds is 7. The standard InChI is InChI=1S/C37H43N3O5/c1-26-10-12-30-31(28-8-6-5-7-9-28)24-35(41)39(32(30)22-26)19-18-38-16-14-29(15-17-38)40(36(42)45-37(2,3)4)25-27-11-13-33-34(23-27)44-21-20-43-33/h5-13,22-24,29H,14-21,25H2,1-4H3. The molecule has 45 heavy (non-hydrogen) atoms. The Morgan fingerprint density at radius 2 is 1.64 bits per heavy atom. The van der Waals surface area contributed by atoms with E-state index >= 15 is 0 Å². The predicted octanol–water partition coefficient (Wildman–Crippen LogP) is 6.65. The number of carbonyl (C=O) groups excluding carboxylic acids is 1. The van der Waals surface area contributed by atoms with Gasteiger partial charge in [0, 0.05) is 50.2 Å². The highest BCUT2D eigenvalue weighted by Crippen LogP contribution is 2.32. The van der Waals surface area contributed by atoms with Crippen LogP contribution >= 0.6 is 0 Å². The van der Waals surface area contributed by atoms with Crippen LogP contribution in [-0.2, 0) is 17.8 Å². The molecule has 2 aliphatic heterocycles. The Balaban J connectivity index is 1.16. The van der Waals surface area contributed by atoms with Crippen molar-refractivity contribution in [3.05, 3.63) is 94.3 Å². The average molecular weight is 610 g/mol. The maximum atomic E-state index is 13.5. The number of aromatic nitrogens is 1. The molecule has 8 nitrogen and oxygen atoms in total. The summed E-state index contributed by atoms with van der Waals surface area (Å²) in [5.41, 5.74) is 4.50. The van der Waals surface area contributed by atoms with Gasteiger partial charge in [-0.2, -0.15) is 0 Å². The third kappa shape index (κ3) is 7.17. The smallest absolute Gasteiger partial charge is 0.410 e. The number of carbonyl (C=O) groups is 1. The van der Waals surface area contributed by atoms with Gasteiger partial charge in [0.1, 0.15) is 18.8 Å². The molecular formula is C37H43N3O5. The lowest BCUT2D eigenvalue weighted by Crippen LogP contribution is -2.49. The number of hydrogen-bond donors (Lipinski definition) is 0. The van der Waals surface area contributed by atoms with Crippen LogP contribution in [0.3, 0.4) is 0 Å². The van der Waals surface area contributed by atoms with Crippen LogP contribution in [0.5, 0.6) is 11.5 Å². The summed E-state index contributed by atoms with van der Waals surface area (Å²) in [6, 6.07) is 24.1. The van der Waals surface area contributed by atoms with Crippen molar-refractivity contribution in [3.63, 3.8) is 0 Å². The zero-order valence-electron chi connectivity index (χ0n) is 26.8. The third-order valence-electron chi connectivity index (χ3n) is 8.58. The molecule has 8 heteroatoms. The molecule has 0 N–H and O–H groups in total. The van der Waals surface area contributed by atoms with E-state index < -0.39 is 5.60 Å². The number of amides is 1. The van der Waals surface area contributed by atoms with Gasteiger partial charge < -0.3 is 28.6 Å². The number of nitrogens with zero attached hydrogens (tertiary/aromatic N) is 3. The molecule has 0 spiro atoms. The van der Waals surface area contributed by atoms with E-state index in [1.54, 1.807) is 6.07 Å². The Morgan fingerprint density at radius 1 is 0.911 bits per heavy atom. The summed E-state index contributed by atoms with van der Waals surface area (Å²) in [7, 11) is 0. The molecule has 1 fully saturated rings. The molecule has 0 saturated carbocycles. The van der Waals surface area contributed by atoms with Crippen molar-refractivity contribution in [1.82, 2.24) is 14.4 Å². The maximum Gasteiger partial charge on any atom is 0.410 e. The second-order valence-electron chi connectivity index (χ2n) is 13.1. The molecule has 6 rings (SSSR count). The van der Waals surface area contributed by atoms with E-state index in [2.05, 4.69) is 42.2 Å². The van der Waals surface area contributed by atoms with Gasteiger partial charge >= 0.3 is 6.09 Å². The number of aryl methyl sites for hydroxylation is 1. The quantitative estimate of drug-likeness (QED) is 0.234. The molecule has 0 unspecified atom stereocenters. The SMILES string of the molecule is Cc1ccc2c(-c3ccccc3)cc(=O)n(CCN3CCC(N(Cc4ccc5c(c4)OCCO5)C(=O)OC(C)(C)C)CC3)c2c1. The number of pyridine rings is 1. The fourth-order valence-electron chi connectivity index (χ4n) is 6.32. The van der Waals surface area contributed by atoms with Gasteiger partial charge in [-0.1, -0.05) is 48.5 Å². The second kappa shape index (κ2) is 13.0. The normalized spacial score (nSPS) is 15.6. The Hall–Kier alpha value is -4.30. The molecule has 1 amide bonds. The number of likely N-dealkylation sites (tertiary alicyclic amines) is 1. The van der Waals surface area contributed by atoms with Crippen molar-refractivity contribution in [2.75, 3.05) is 32.8 Å². The summed E-state index contributed by atoms with van der Waals surface area (Å²) in [5.74, 6) is 1.45. The molecule has 3 heterocycles. The van der Waals surface area contributed by atoms with Crippen LogP contribution in [0.25, 0.3) is 22.0 Å². The molecule has 0 radical (unpaired) electrons. The van der Waals surface area contributed by atoms with E-state index in [0.29, 0.717) is 32.1 Å². The van der Waals surface area contributed by atoms with Gasteiger partial charge in [0.15, 0.2) is 11.5 Å². The summed E-state index contributed by atoms with van der Waals surface area (Å²) < 4.78 is 19.2. The maximum absolute atomic E-state index is 13.5. The Kier molecular flexibility index (Phi) is 8.85. The highest BCUT2D eigenvalue weighted by molar-refractivity contribution is 5.95. The first-order valence-electron chi connectivity index (χ1n) is 15.9. The van der Waals surface area contributed by atoms with Crippen LogP contribution in [-0.4, -0.2) is 65.0 Å². The molecule has 0 aliphatic carbocycles. The van der Waals surface area contributed by atoms with Crippen molar-refractivity contribution in [2.24, 2.45) is 0 Å². The van der Waals surface area contributed by atoms with E-state index in [1.165, 1.54) is 0 Å². The molecule has 0 bridgehead atoms. The van der Waals surface area contributed by atoms with E-state index in [4.69, 9.17) is 14.2 Å². The first-order valence-corrected chi connectivity index (χ1v) is 15.9. The van der Waals surface area contributed by atoms with Crippen LogP contribution < -0.4 is 15.0 Å². The molecular weight excluding hydrogens is 566 g/mol. The zero-order chi connectivity index (χ0) is 31.6. The lowest BCUT2D eigenvalue weighted by Gasteiger charge is -2.39. The second-order valence-corrected chi connectivity index (χ2v) is 13.1. The molecule has 236 valence electrons. The van der Waals surface area contributed by atoms with Gasteiger partial charge in [0.2, 0.25) is 0 Å². The molecule has 0 atom stereocenters. The topological polar surface area (TPSA) is 73.2 Å². The number of hydrogen-bond acceptors (Lipinski definition) is 6. The van der Waals surface area contributed by atoms with Gasteiger partial charge in [-0.3, -0.25) is 4.79 Å². The minimum Gasteiger partial charge on any atom is -0.486 e. The molecule has 4 aromatic rings. The number of piperidine rings is 1. The lowest BCUT2D eigenvalue weighted by molar-refractivity contribution is 0.00562. The summed E-state index contributed by atoms with van der Waals surface area (Å²) >= 11 is 0. The fraction of sp³-hybridized carbons (Fsp3) is 0.405. The molecule has 3 aromatic carbocycles. The lowest BCUT2D eigenvalue weighted by atomic mass is 10.00. The van der Waals surface area contributed by atoms with Gasteiger partial charge in [-0.05, 0) is 81.0 Å². The summed E-state index contributed by atoms with van der Waals surface area (Å²) in [6.45, 7) is 12.3. The van der Waals surface area contributed by atoms with E-state index in [0.717, 1.165) is 71.4 Å². The zero-order valence-corrected chi connectivity index (χ0v) is 26.8. The molecule has 1 saturated heterocycles. The van der Waals surface area contributed by atoms with Crippen molar-refractivity contribution in [2.45, 2.75) is 65.3 Å². The van der Waals surface area contributed by atoms with Gasteiger partial charge in [0.25, 0.3) is 5.56 Å². The van der Waals surface area contributed by atoms with Crippen LogP contribution in [0.4, 0.5) is 4.79 Å². The van der Waals surface area contributed by atoms with Gasteiger partial charge in [-0.25, -0.2) is 4.79 Å². The van der Waals surface area contributed by atoms with E-state index in [1.807, 2.05) is 66.6 Å². The number of fused-ring (bicyclic) bond motifs is 2. The molecule has 2 aliphatic rings. The Morgan fingerprint density at radius 3 is 2.38 bits per heavy atom. The largest absolute Gasteiger partial charge is 0.486 e. The van der Waals surface area contributed by atoms with Gasteiger partial charge in [-0.15, -0.1) is 0 Å². The highest BCUT2D eigenvalue weighted by atomic mass is 16.6. The van der Waals surface area contributed by atoms with Crippen LogP contribution in [0.15, 0.2) is 77.6 Å².